The quantitative estimate of drug-likeness (QED) is 0.823. The van der Waals surface area contributed by atoms with Crippen molar-refractivity contribution < 1.29 is 4.79 Å². The molecular weight excluding hydrogens is 328 g/mol. The number of nitrogens with one attached hydrogen (secondary N) is 1. The zero-order chi connectivity index (χ0) is 18.5. The third kappa shape index (κ3) is 4.12. The fourth-order valence-corrected chi connectivity index (χ4v) is 3.63. The Balaban J connectivity index is 1.76. The Kier molecular flexibility index (Phi) is 6.04. The van der Waals surface area contributed by atoms with Gasteiger partial charge in [-0.2, -0.15) is 5.10 Å². The highest BCUT2D eigenvalue weighted by molar-refractivity contribution is 5.88. The SMILES string of the molecule is CC[C@@H](CN1CCCC1)NC(=O)Cc1nn(CC)c(=O)c2ccccc12. The molecule has 0 radical (unpaired) electrons. The van der Waals surface area contributed by atoms with Gasteiger partial charge in [0, 0.05) is 24.5 Å². The molecule has 2 aromatic rings. The highest BCUT2D eigenvalue weighted by Gasteiger charge is 2.19. The summed E-state index contributed by atoms with van der Waals surface area (Å²) >= 11 is 0. The van der Waals surface area contributed by atoms with E-state index >= 15 is 0 Å². The second-order valence-electron chi connectivity index (χ2n) is 6.97. The van der Waals surface area contributed by atoms with Gasteiger partial charge in [-0.15, -0.1) is 0 Å². The minimum Gasteiger partial charge on any atom is -0.352 e. The monoisotopic (exact) mass is 356 g/mol. The number of hydrogen-bond donors (Lipinski definition) is 1. The molecule has 1 saturated heterocycles. The highest BCUT2D eigenvalue weighted by Crippen LogP contribution is 2.14. The number of benzene rings is 1. The summed E-state index contributed by atoms with van der Waals surface area (Å²) in [6.45, 7) is 7.64. The van der Waals surface area contributed by atoms with Gasteiger partial charge < -0.3 is 10.2 Å². The van der Waals surface area contributed by atoms with Gasteiger partial charge in [-0.25, -0.2) is 4.68 Å². The van der Waals surface area contributed by atoms with E-state index in [0.717, 1.165) is 31.4 Å². The first-order valence-electron chi connectivity index (χ1n) is 9.62. The van der Waals surface area contributed by atoms with Gasteiger partial charge in [0.2, 0.25) is 5.91 Å². The zero-order valence-electron chi connectivity index (χ0n) is 15.7. The minimum absolute atomic E-state index is 0.0324. The molecule has 1 N–H and O–H groups in total. The molecule has 140 valence electrons. The van der Waals surface area contributed by atoms with E-state index in [2.05, 4.69) is 22.2 Å². The smallest absolute Gasteiger partial charge is 0.274 e. The summed E-state index contributed by atoms with van der Waals surface area (Å²) in [7, 11) is 0. The van der Waals surface area contributed by atoms with Crippen LogP contribution in [0.2, 0.25) is 0 Å². The summed E-state index contributed by atoms with van der Waals surface area (Å²) in [5.74, 6) is -0.0324. The summed E-state index contributed by atoms with van der Waals surface area (Å²) < 4.78 is 1.44. The predicted octanol–water partition coefficient (Wildman–Crippen LogP) is 1.95. The average Bonchev–Trinajstić information content (AvgIpc) is 3.16. The van der Waals surface area contributed by atoms with E-state index in [4.69, 9.17) is 0 Å². The van der Waals surface area contributed by atoms with E-state index in [1.807, 2.05) is 25.1 Å². The molecule has 1 aromatic heterocycles. The molecule has 26 heavy (non-hydrogen) atoms. The molecule has 0 bridgehead atoms. The van der Waals surface area contributed by atoms with Crippen LogP contribution in [0.5, 0.6) is 0 Å². The number of rotatable bonds is 7. The Hall–Kier alpha value is -2.21. The van der Waals surface area contributed by atoms with Gasteiger partial charge in [0.1, 0.15) is 0 Å². The van der Waals surface area contributed by atoms with E-state index in [-0.39, 0.29) is 23.9 Å². The molecule has 0 saturated carbocycles. The first kappa shape index (κ1) is 18.6. The summed E-state index contributed by atoms with van der Waals surface area (Å²) in [5, 5.41) is 8.97. The Morgan fingerprint density at radius 1 is 1.19 bits per heavy atom. The van der Waals surface area contributed by atoms with Crippen LogP contribution in [-0.4, -0.2) is 46.3 Å². The number of aryl methyl sites for hydroxylation is 1. The van der Waals surface area contributed by atoms with Gasteiger partial charge in [0.15, 0.2) is 0 Å². The molecule has 6 nitrogen and oxygen atoms in total. The van der Waals surface area contributed by atoms with Crippen molar-refractivity contribution in [1.29, 1.82) is 0 Å². The lowest BCUT2D eigenvalue weighted by molar-refractivity contribution is -0.121. The van der Waals surface area contributed by atoms with E-state index in [0.29, 0.717) is 17.6 Å². The average molecular weight is 356 g/mol. The number of fused-ring (bicyclic) bond motifs is 1. The predicted molar refractivity (Wildman–Crippen MR) is 103 cm³/mol. The topological polar surface area (TPSA) is 67.2 Å². The fourth-order valence-electron chi connectivity index (χ4n) is 3.63. The van der Waals surface area contributed by atoms with Crippen LogP contribution in [0.25, 0.3) is 10.8 Å². The van der Waals surface area contributed by atoms with Crippen LogP contribution in [0.15, 0.2) is 29.1 Å². The van der Waals surface area contributed by atoms with Crippen molar-refractivity contribution in [2.24, 2.45) is 0 Å². The van der Waals surface area contributed by atoms with Gasteiger partial charge in [0.25, 0.3) is 5.56 Å². The van der Waals surface area contributed by atoms with Gasteiger partial charge in [-0.3, -0.25) is 9.59 Å². The lowest BCUT2D eigenvalue weighted by Gasteiger charge is -2.23. The van der Waals surface area contributed by atoms with E-state index < -0.39 is 0 Å². The lowest BCUT2D eigenvalue weighted by atomic mass is 10.1. The van der Waals surface area contributed by atoms with Crippen molar-refractivity contribution >= 4 is 16.7 Å². The number of nitrogens with zero attached hydrogens (tertiary/aromatic N) is 3. The number of aromatic nitrogens is 2. The van der Waals surface area contributed by atoms with Crippen LogP contribution in [0, 0.1) is 0 Å². The van der Waals surface area contributed by atoms with Crippen LogP contribution in [0.1, 0.15) is 38.8 Å². The first-order chi connectivity index (χ1) is 12.6. The zero-order valence-corrected chi connectivity index (χ0v) is 15.7. The third-order valence-electron chi connectivity index (χ3n) is 5.11. The molecule has 1 atom stereocenters. The first-order valence-corrected chi connectivity index (χ1v) is 9.62. The van der Waals surface area contributed by atoms with Crippen LogP contribution in [-0.2, 0) is 17.8 Å². The molecule has 1 aliphatic heterocycles. The molecule has 6 heteroatoms. The van der Waals surface area contributed by atoms with Crippen molar-refractivity contribution in [3.05, 3.63) is 40.3 Å². The van der Waals surface area contributed by atoms with Gasteiger partial charge in [-0.05, 0) is 45.3 Å². The molecule has 0 unspecified atom stereocenters. The van der Waals surface area contributed by atoms with Crippen molar-refractivity contribution in [3.63, 3.8) is 0 Å². The normalized spacial score (nSPS) is 16.1. The summed E-state index contributed by atoms with van der Waals surface area (Å²) in [5.41, 5.74) is 0.559. The second kappa shape index (κ2) is 8.45. The molecule has 1 fully saturated rings. The van der Waals surface area contributed by atoms with Gasteiger partial charge >= 0.3 is 0 Å². The maximum absolute atomic E-state index is 12.6. The van der Waals surface area contributed by atoms with Crippen molar-refractivity contribution in [3.8, 4) is 0 Å². The standard InChI is InChI=1S/C20H28N4O2/c1-3-15(14-23-11-7-8-12-23)21-19(25)13-18-16-9-5-6-10-17(16)20(26)24(4-2)22-18/h5-6,9-10,15H,3-4,7-8,11-14H2,1-2H3,(H,21,25)/t15-/m0/s1. The maximum atomic E-state index is 12.6. The third-order valence-corrected chi connectivity index (χ3v) is 5.11. The molecule has 0 spiro atoms. The molecule has 0 aliphatic carbocycles. The maximum Gasteiger partial charge on any atom is 0.274 e. The van der Waals surface area contributed by atoms with E-state index in [1.165, 1.54) is 17.5 Å². The van der Waals surface area contributed by atoms with Crippen LogP contribution < -0.4 is 10.9 Å². The number of likely N-dealkylation sites (tertiary alicyclic amines) is 1. The molecular formula is C20H28N4O2. The van der Waals surface area contributed by atoms with Crippen molar-refractivity contribution in [1.82, 2.24) is 20.0 Å². The van der Waals surface area contributed by atoms with Crippen molar-refractivity contribution in [2.45, 2.75) is 52.1 Å². The Morgan fingerprint density at radius 3 is 2.54 bits per heavy atom. The van der Waals surface area contributed by atoms with Crippen LogP contribution in [0.3, 0.4) is 0 Å². The molecule has 1 aromatic carbocycles. The van der Waals surface area contributed by atoms with E-state index in [1.54, 1.807) is 6.07 Å². The lowest BCUT2D eigenvalue weighted by Crippen LogP contribution is -2.43. The second-order valence-corrected chi connectivity index (χ2v) is 6.97. The van der Waals surface area contributed by atoms with Crippen LogP contribution >= 0.6 is 0 Å². The fraction of sp³-hybridized carbons (Fsp3) is 0.550. The van der Waals surface area contributed by atoms with E-state index in [9.17, 15) is 9.59 Å². The van der Waals surface area contributed by atoms with Gasteiger partial charge in [0.05, 0.1) is 17.5 Å². The Morgan fingerprint density at radius 2 is 1.88 bits per heavy atom. The van der Waals surface area contributed by atoms with Crippen LogP contribution in [0.4, 0.5) is 0 Å². The highest BCUT2D eigenvalue weighted by atomic mass is 16.2. The molecule has 3 rings (SSSR count). The molecule has 1 amide bonds. The number of carbonyl (C=O) groups is 1. The Labute approximate surface area is 154 Å². The number of amides is 1. The number of carbonyl (C=O) groups excluding carboxylic acids is 1. The minimum atomic E-state index is -0.104. The summed E-state index contributed by atoms with van der Waals surface area (Å²) in [6, 6.07) is 7.55. The number of hydrogen-bond acceptors (Lipinski definition) is 4. The van der Waals surface area contributed by atoms with Crippen molar-refractivity contribution in [2.75, 3.05) is 19.6 Å². The summed E-state index contributed by atoms with van der Waals surface area (Å²) in [4.78, 5) is 27.5. The van der Waals surface area contributed by atoms with Gasteiger partial charge in [-0.1, -0.05) is 25.1 Å². The molecule has 1 aliphatic rings. The largest absolute Gasteiger partial charge is 0.352 e. The Bertz CT molecular complexity index is 824. The molecule has 2 heterocycles. The summed E-state index contributed by atoms with van der Waals surface area (Å²) in [6.07, 6.45) is 3.60.